The van der Waals surface area contributed by atoms with Gasteiger partial charge in [0.25, 0.3) is 0 Å². The predicted octanol–water partition coefficient (Wildman–Crippen LogP) is 0.782. The van der Waals surface area contributed by atoms with Crippen molar-refractivity contribution in [2.45, 2.75) is 39.1 Å². The number of carbonyl (C=O) groups excluding carboxylic acids is 2. The molecule has 1 aliphatic heterocycles. The van der Waals surface area contributed by atoms with Gasteiger partial charge in [-0.2, -0.15) is 0 Å². The van der Waals surface area contributed by atoms with Crippen molar-refractivity contribution < 1.29 is 23.8 Å². The van der Waals surface area contributed by atoms with E-state index in [1.54, 1.807) is 13.0 Å². The third-order valence-corrected chi connectivity index (χ3v) is 1.95. The molecular formula is C10H14O5. The van der Waals surface area contributed by atoms with Gasteiger partial charge in [-0.15, -0.1) is 0 Å². The van der Waals surface area contributed by atoms with Crippen molar-refractivity contribution in [3.05, 3.63) is 12.3 Å². The maximum Gasteiger partial charge on any atom is 0.303 e. The van der Waals surface area contributed by atoms with E-state index >= 15 is 0 Å². The smallest absolute Gasteiger partial charge is 0.303 e. The normalized spacial score (nSPS) is 29.1. The van der Waals surface area contributed by atoms with Crippen LogP contribution in [0.15, 0.2) is 12.3 Å². The first-order chi connectivity index (χ1) is 7.00. The van der Waals surface area contributed by atoms with Gasteiger partial charge >= 0.3 is 11.9 Å². The van der Waals surface area contributed by atoms with E-state index in [9.17, 15) is 9.59 Å². The maximum atomic E-state index is 10.8. The molecule has 0 bridgehead atoms. The molecule has 0 N–H and O–H groups in total. The van der Waals surface area contributed by atoms with E-state index in [2.05, 4.69) is 0 Å². The highest BCUT2D eigenvalue weighted by Crippen LogP contribution is 2.18. The topological polar surface area (TPSA) is 61.8 Å². The summed E-state index contributed by atoms with van der Waals surface area (Å²) in [6, 6.07) is 0. The predicted molar refractivity (Wildman–Crippen MR) is 50.8 cm³/mol. The van der Waals surface area contributed by atoms with Crippen LogP contribution in [0.25, 0.3) is 0 Å². The van der Waals surface area contributed by atoms with Crippen LogP contribution in [0, 0.1) is 0 Å². The largest absolute Gasteiger partial charge is 0.494 e. The SMILES string of the molecule is CC(=O)O[C@H]1[C@H](C)OC=C[C@@H]1OC(C)=O. The quantitative estimate of drug-likeness (QED) is 0.636. The Morgan fingerprint density at radius 1 is 1.20 bits per heavy atom. The first-order valence-corrected chi connectivity index (χ1v) is 4.67. The molecule has 3 atom stereocenters. The highest BCUT2D eigenvalue weighted by atomic mass is 16.6. The molecule has 0 saturated heterocycles. The van der Waals surface area contributed by atoms with Crippen molar-refractivity contribution in [3.63, 3.8) is 0 Å². The summed E-state index contributed by atoms with van der Waals surface area (Å²) in [5.41, 5.74) is 0. The van der Waals surface area contributed by atoms with E-state index in [1.807, 2.05) is 0 Å². The number of ether oxygens (including phenoxy) is 3. The molecule has 0 aromatic carbocycles. The maximum absolute atomic E-state index is 10.8. The van der Waals surface area contributed by atoms with Crippen molar-refractivity contribution >= 4 is 11.9 Å². The van der Waals surface area contributed by atoms with Crippen molar-refractivity contribution in [3.8, 4) is 0 Å². The third-order valence-electron chi connectivity index (χ3n) is 1.95. The van der Waals surface area contributed by atoms with E-state index in [-0.39, 0.29) is 6.10 Å². The molecular weight excluding hydrogens is 200 g/mol. The Hall–Kier alpha value is -1.52. The fraction of sp³-hybridized carbons (Fsp3) is 0.600. The van der Waals surface area contributed by atoms with Crippen LogP contribution >= 0.6 is 0 Å². The number of rotatable bonds is 2. The monoisotopic (exact) mass is 214 g/mol. The minimum absolute atomic E-state index is 0.330. The second-order valence-corrected chi connectivity index (χ2v) is 3.32. The Morgan fingerprint density at radius 3 is 2.33 bits per heavy atom. The average Bonchev–Trinajstić information content (AvgIpc) is 2.09. The number of hydrogen-bond donors (Lipinski definition) is 0. The number of esters is 2. The Morgan fingerprint density at radius 2 is 1.80 bits per heavy atom. The summed E-state index contributed by atoms with van der Waals surface area (Å²) >= 11 is 0. The first kappa shape index (κ1) is 11.6. The summed E-state index contributed by atoms with van der Waals surface area (Å²) in [5.74, 6) is -0.848. The van der Waals surface area contributed by atoms with E-state index < -0.39 is 24.1 Å². The van der Waals surface area contributed by atoms with Crippen LogP contribution in [0.1, 0.15) is 20.8 Å². The van der Waals surface area contributed by atoms with Crippen LogP contribution in [0.5, 0.6) is 0 Å². The van der Waals surface area contributed by atoms with Gasteiger partial charge in [-0.05, 0) is 13.0 Å². The molecule has 5 nitrogen and oxygen atoms in total. The molecule has 0 aromatic heterocycles. The molecule has 15 heavy (non-hydrogen) atoms. The lowest BCUT2D eigenvalue weighted by Crippen LogP contribution is -2.43. The lowest BCUT2D eigenvalue weighted by Gasteiger charge is -2.31. The summed E-state index contributed by atoms with van der Waals surface area (Å²) in [6.07, 6.45) is 1.50. The second-order valence-electron chi connectivity index (χ2n) is 3.32. The van der Waals surface area contributed by atoms with Gasteiger partial charge in [0.2, 0.25) is 0 Å². The highest BCUT2D eigenvalue weighted by molar-refractivity contribution is 5.67. The molecule has 1 aliphatic rings. The van der Waals surface area contributed by atoms with Crippen molar-refractivity contribution in [2.24, 2.45) is 0 Å². The minimum Gasteiger partial charge on any atom is -0.494 e. The zero-order valence-corrected chi connectivity index (χ0v) is 8.93. The Balaban J connectivity index is 2.71. The Kier molecular flexibility index (Phi) is 3.71. The van der Waals surface area contributed by atoms with Crippen molar-refractivity contribution in [1.82, 2.24) is 0 Å². The second kappa shape index (κ2) is 4.82. The van der Waals surface area contributed by atoms with Crippen molar-refractivity contribution in [2.75, 3.05) is 0 Å². The van der Waals surface area contributed by atoms with Crippen LogP contribution in [-0.2, 0) is 23.8 Å². The van der Waals surface area contributed by atoms with Crippen LogP contribution in [0.4, 0.5) is 0 Å². The summed E-state index contributed by atoms with van der Waals surface area (Å²) in [6.45, 7) is 4.35. The van der Waals surface area contributed by atoms with E-state index in [0.29, 0.717) is 0 Å². The fourth-order valence-corrected chi connectivity index (χ4v) is 1.35. The molecule has 0 spiro atoms. The van der Waals surface area contributed by atoms with Crippen molar-refractivity contribution in [1.29, 1.82) is 0 Å². The van der Waals surface area contributed by atoms with Gasteiger partial charge in [0.05, 0.1) is 6.26 Å². The van der Waals surface area contributed by atoms with E-state index in [4.69, 9.17) is 14.2 Å². The summed E-state index contributed by atoms with van der Waals surface area (Å²) in [5, 5.41) is 0. The molecule has 84 valence electrons. The molecule has 1 heterocycles. The molecule has 0 aromatic rings. The molecule has 0 aliphatic carbocycles. The lowest BCUT2D eigenvalue weighted by molar-refractivity contribution is -0.172. The summed E-state index contributed by atoms with van der Waals surface area (Å²) < 4.78 is 15.2. The van der Waals surface area contributed by atoms with Crippen LogP contribution in [0.2, 0.25) is 0 Å². The molecule has 1 rings (SSSR count). The zero-order chi connectivity index (χ0) is 11.4. The third kappa shape index (κ3) is 3.27. The van der Waals surface area contributed by atoms with Crippen LogP contribution in [-0.4, -0.2) is 30.3 Å². The summed E-state index contributed by atoms with van der Waals surface area (Å²) in [4.78, 5) is 21.7. The van der Waals surface area contributed by atoms with Gasteiger partial charge in [0.1, 0.15) is 6.10 Å². The van der Waals surface area contributed by atoms with Gasteiger partial charge in [0.15, 0.2) is 12.2 Å². The molecule has 0 unspecified atom stereocenters. The number of carbonyl (C=O) groups is 2. The van der Waals surface area contributed by atoms with Crippen LogP contribution in [0.3, 0.4) is 0 Å². The molecule has 5 heteroatoms. The first-order valence-electron chi connectivity index (χ1n) is 4.67. The standard InChI is InChI=1S/C10H14O5/c1-6-10(15-8(3)12)9(4-5-13-6)14-7(2)11/h4-6,9-10H,1-3H3/t6-,9-,10-/m0/s1. The van der Waals surface area contributed by atoms with E-state index in [0.717, 1.165) is 0 Å². The van der Waals surface area contributed by atoms with Gasteiger partial charge in [-0.3, -0.25) is 9.59 Å². The van der Waals surface area contributed by atoms with E-state index in [1.165, 1.54) is 20.1 Å². The lowest BCUT2D eigenvalue weighted by atomic mass is 10.1. The Bertz CT molecular complexity index is 284. The minimum atomic E-state index is -0.587. The summed E-state index contributed by atoms with van der Waals surface area (Å²) in [7, 11) is 0. The molecule has 0 saturated carbocycles. The Labute approximate surface area is 88.0 Å². The highest BCUT2D eigenvalue weighted by Gasteiger charge is 2.34. The average molecular weight is 214 g/mol. The molecule has 0 radical (unpaired) electrons. The van der Waals surface area contributed by atoms with Gasteiger partial charge in [0, 0.05) is 13.8 Å². The van der Waals surface area contributed by atoms with Crippen LogP contribution < -0.4 is 0 Å². The fourth-order valence-electron chi connectivity index (χ4n) is 1.35. The van der Waals surface area contributed by atoms with Gasteiger partial charge < -0.3 is 14.2 Å². The molecule has 0 fully saturated rings. The van der Waals surface area contributed by atoms with Gasteiger partial charge in [-0.1, -0.05) is 0 Å². The zero-order valence-electron chi connectivity index (χ0n) is 8.93. The molecule has 0 amide bonds. The van der Waals surface area contributed by atoms with Gasteiger partial charge in [-0.25, -0.2) is 0 Å². The number of hydrogen-bond acceptors (Lipinski definition) is 5.